The molecule has 0 bridgehead atoms. The van der Waals surface area contributed by atoms with Crippen molar-refractivity contribution in [2.45, 2.75) is 18.9 Å². The second-order valence-corrected chi connectivity index (χ2v) is 6.03. The van der Waals surface area contributed by atoms with Crippen LogP contribution in [-0.4, -0.2) is 29.7 Å². The molecule has 1 saturated heterocycles. The predicted molar refractivity (Wildman–Crippen MR) is 85.1 cm³/mol. The minimum absolute atomic E-state index is 0.133. The first-order chi connectivity index (χ1) is 10.3. The molecule has 5 heteroatoms. The van der Waals surface area contributed by atoms with Gasteiger partial charge in [0.2, 0.25) is 0 Å². The van der Waals surface area contributed by atoms with E-state index in [-0.39, 0.29) is 6.10 Å². The van der Waals surface area contributed by atoms with E-state index in [0.29, 0.717) is 0 Å². The second-order valence-electron chi connectivity index (χ2n) is 5.11. The molecular weight excluding hydrogens is 330 g/mol. The fourth-order valence-electron chi connectivity index (χ4n) is 2.36. The first kappa shape index (κ1) is 14.6. The van der Waals surface area contributed by atoms with Gasteiger partial charge in [0.1, 0.15) is 0 Å². The molecule has 2 aromatic rings. The number of nitrogens with one attached hydrogen (secondary N) is 1. The predicted octanol–water partition coefficient (Wildman–Crippen LogP) is 2.69. The van der Waals surface area contributed by atoms with Crippen molar-refractivity contribution in [1.29, 1.82) is 0 Å². The normalized spacial score (nSPS) is 18.6. The molecule has 1 fully saturated rings. The molecule has 2 aromatic heterocycles. The van der Waals surface area contributed by atoms with E-state index in [4.69, 9.17) is 4.74 Å². The van der Waals surface area contributed by atoms with Crippen LogP contribution in [0.25, 0.3) is 0 Å². The summed E-state index contributed by atoms with van der Waals surface area (Å²) in [5, 5.41) is 3.33. The lowest BCUT2D eigenvalue weighted by molar-refractivity contribution is 0.0275. The van der Waals surface area contributed by atoms with Gasteiger partial charge in [-0.1, -0.05) is 6.07 Å². The average molecular weight is 348 g/mol. The van der Waals surface area contributed by atoms with Gasteiger partial charge in [0.15, 0.2) is 0 Å². The van der Waals surface area contributed by atoms with Crippen LogP contribution in [-0.2, 0) is 17.6 Å². The Balaban J connectivity index is 1.57. The van der Waals surface area contributed by atoms with Gasteiger partial charge < -0.3 is 10.1 Å². The Morgan fingerprint density at radius 3 is 2.43 bits per heavy atom. The molecule has 1 unspecified atom stereocenters. The molecule has 3 heterocycles. The maximum absolute atomic E-state index is 5.73. The lowest BCUT2D eigenvalue weighted by Crippen LogP contribution is -2.33. The van der Waals surface area contributed by atoms with E-state index in [2.05, 4.69) is 43.3 Å². The van der Waals surface area contributed by atoms with Crippen LogP contribution >= 0.6 is 15.9 Å². The van der Waals surface area contributed by atoms with E-state index in [0.717, 1.165) is 54.0 Å². The molecule has 1 aliphatic rings. The fourth-order valence-corrected chi connectivity index (χ4v) is 2.60. The lowest BCUT2D eigenvalue weighted by atomic mass is 10.1. The standard InChI is InChI=1S/C16H18BrN3O/c17-13-2-4-15(20-10-13)6-5-14-3-1-12(9-19-14)16-11-18-7-8-21-16/h1-4,9-10,16,18H,5-8,11H2. The molecule has 1 aliphatic heterocycles. The van der Waals surface area contributed by atoms with Crippen LogP contribution in [0.5, 0.6) is 0 Å². The zero-order valence-corrected chi connectivity index (χ0v) is 13.3. The molecular formula is C16H18BrN3O. The third-order valence-electron chi connectivity index (χ3n) is 3.57. The van der Waals surface area contributed by atoms with E-state index >= 15 is 0 Å². The van der Waals surface area contributed by atoms with Gasteiger partial charge in [0.05, 0.1) is 12.7 Å². The number of hydrogen-bond donors (Lipinski definition) is 1. The number of pyridine rings is 2. The second kappa shape index (κ2) is 7.11. The summed E-state index contributed by atoms with van der Waals surface area (Å²) in [5.41, 5.74) is 3.32. The Kier molecular flexibility index (Phi) is 4.95. The van der Waals surface area contributed by atoms with E-state index in [1.807, 2.05) is 24.5 Å². The monoisotopic (exact) mass is 347 g/mol. The van der Waals surface area contributed by atoms with Gasteiger partial charge in [-0.05, 0) is 47.0 Å². The third kappa shape index (κ3) is 4.09. The van der Waals surface area contributed by atoms with Gasteiger partial charge in [0.25, 0.3) is 0 Å². The number of halogens is 1. The highest BCUT2D eigenvalue weighted by Gasteiger charge is 2.15. The topological polar surface area (TPSA) is 47.0 Å². The largest absolute Gasteiger partial charge is 0.371 e. The number of morpholine rings is 1. The maximum atomic E-state index is 5.73. The van der Waals surface area contributed by atoms with Crippen LogP contribution in [0.3, 0.4) is 0 Å². The summed E-state index contributed by atoms with van der Waals surface area (Å²) in [6.07, 6.45) is 5.70. The first-order valence-corrected chi connectivity index (χ1v) is 7.98. The maximum Gasteiger partial charge on any atom is 0.0964 e. The Morgan fingerprint density at radius 1 is 1.10 bits per heavy atom. The van der Waals surface area contributed by atoms with Gasteiger partial charge in [-0.3, -0.25) is 9.97 Å². The Morgan fingerprint density at radius 2 is 1.86 bits per heavy atom. The zero-order valence-electron chi connectivity index (χ0n) is 11.8. The van der Waals surface area contributed by atoms with Crippen LogP contribution in [0.2, 0.25) is 0 Å². The van der Waals surface area contributed by atoms with Crippen molar-refractivity contribution < 1.29 is 4.74 Å². The van der Waals surface area contributed by atoms with Crippen LogP contribution in [0, 0.1) is 0 Å². The van der Waals surface area contributed by atoms with E-state index in [1.54, 1.807) is 0 Å². The van der Waals surface area contributed by atoms with Crippen molar-refractivity contribution in [2.24, 2.45) is 0 Å². The molecule has 1 atom stereocenters. The average Bonchev–Trinajstić information content (AvgIpc) is 2.56. The van der Waals surface area contributed by atoms with Crippen LogP contribution in [0.1, 0.15) is 23.1 Å². The Hall–Kier alpha value is -1.30. The summed E-state index contributed by atoms with van der Waals surface area (Å²) in [6, 6.07) is 8.27. The molecule has 0 saturated carbocycles. The zero-order chi connectivity index (χ0) is 14.5. The molecule has 0 amide bonds. The molecule has 21 heavy (non-hydrogen) atoms. The Labute approximate surface area is 133 Å². The highest BCUT2D eigenvalue weighted by Crippen LogP contribution is 2.18. The number of ether oxygens (including phenoxy) is 1. The third-order valence-corrected chi connectivity index (χ3v) is 4.04. The molecule has 110 valence electrons. The van der Waals surface area contributed by atoms with Gasteiger partial charge in [0, 0.05) is 46.9 Å². The lowest BCUT2D eigenvalue weighted by Gasteiger charge is -2.23. The first-order valence-electron chi connectivity index (χ1n) is 7.19. The van der Waals surface area contributed by atoms with Gasteiger partial charge in [-0.25, -0.2) is 0 Å². The molecule has 0 spiro atoms. The molecule has 0 radical (unpaired) electrons. The summed E-state index contributed by atoms with van der Waals surface area (Å²) >= 11 is 3.40. The van der Waals surface area contributed by atoms with E-state index in [1.165, 1.54) is 0 Å². The van der Waals surface area contributed by atoms with Crippen molar-refractivity contribution in [3.05, 3.63) is 58.1 Å². The van der Waals surface area contributed by atoms with Gasteiger partial charge in [-0.15, -0.1) is 0 Å². The number of hydrogen-bond acceptors (Lipinski definition) is 4. The smallest absolute Gasteiger partial charge is 0.0964 e. The van der Waals surface area contributed by atoms with Crippen molar-refractivity contribution in [3.8, 4) is 0 Å². The van der Waals surface area contributed by atoms with Gasteiger partial charge in [-0.2, -0.15) is 0 Å². The van der Waals surface area contributed by atoms with E-state index in [9.17, 15) is 0 Å². The number of nitrogens with zero attached hydrogens (tertiary/aromatic N) is 2. The molecule has 0 aliphatic carbocycles. The molecule has 4 nitrogen and oxygen atoms in total. The molecule has 1 N–H and O–H groups in total. The van der Waals surface area contributed by atoms with Crippen molar-refractivity contribution in [3.63, 3.8) is 0 Å². The summed E-state index contributed by atoms with van der Waals surface area (Å²) in [6.45, 7) is 2.56. The summed E-state index contributed by atoms with van der Waals surface area (Å²) in [4.78, 5) is 8.92. The number of rotatable bonds is 4. The van der Waals surface area contributed by atoms with Crippen LogP contribution in [0.15, 0.2) is 41.1 Å². The number of aryl methyl sites for hydroxylation is 2. The summed E-state index contributed by atoms with van der Waals surface area (Å²) < 4.78 is 6.74. The highest BCUT2D eigenvalue weighted by molar-refractivity contribution is 9.10. The van der Waals surface area contributed by atoms with Crippen molar-refractivity contribution in [1.82, 2.24) is 15.3 Å². The number of aromatic nitrogens is 2. The SMILES string of the molecule is Brc1ccc(CCc2ccc(C3CNCCO3)cn2)nc1. The summed E-state index contributed by atoms with van der Waals surface area (Å²) in [7, 11) is 0. The fraction of sp³-hybridized carbons (Fsp3) is 0.375. The van der Waals surface area contributed by atoms with Gasteiger partial charge >= 0.3 is 0 Å². The quantitative estimate of drug-likeness (QED) is 0.923. The van der Waals surface area contributed by atoms with Crippen LogP contribution in [0.4, 0.5) is 0 Å². The highest BCUT2D eigenvalue weighted by atomic mass is 79.9. The van der Waals surface area contributed by atoms with Crippen LogP contribution < -0.4 is 5.32 Å². The minimum atomic E-state index is 0.133. The molecule has 0 aromatic carbocycles. The minimum Gasteiger partial charge on any atom is -0.371 e. The van der Waals surface area contributed by atoms with E-state index < -0.39 is 0 Å². The Bertz CT molecular complexity index is 565. The van der Waals surface area contributed by atoms with Crippen molar-refractivity contribution in [2.75, 3.05) is 19.7 Å². The van der Waals surface area contributed by atoms with Crippen molar-refractivity contribution >= 4 is 15.9 Å². The summed E-state index contributed by atoms with van der Waals surface area (Å²) in [5.74, 6) is 0. The molecule has 3 rings (SSSR count).